The molecule has 1 N–H and O–H groups in total. The van der Waals surface area contributed by atoms with E-state index in [0.717, 1.165) is 18.2 Å². The molecule has 12 heteroatoms. The fraction of sp³-hybridized carbons (Fsp3) is 0.333. The van der Waals surface area contributed by atoms with Crippen LogP contribution in [0, 0.1) is 5.82 Å². The maximum atomic E-state index is 13.7. The first kappa shape index (κ1) is 20.3. The molecule has 0 aliphatic carbocycles. The standard InChI is InChI=1S/C18H15ClF4N6O/c1-9(11-6-10(20)2-3-12(11)18(21,22)23)29-14-4-5-28(8-13(14)25-27-29)15-7-24-26-17(30)16(15)19/h2-3,6-7,9H,4-5,8H2,1H3,(H,26,30)/t9-/m1/s1. The van der Waals surface area contributed by atoms with Crippen LogP contribution in [0.5, 0.6) is 0 Å². The summed E-state index contributed by atoms with van der Waals surface area (Å²) < 4.78 is 55.3. The zero-order valence-corrected chi connectivity index (χ0v) is 16.3. The van der Waals surface area contributed by atoms with Gasteiger partial charge in [-0.15, -0.1) is 5.10 Å². The van der Waals surface area contributed by atoms with Gasteiger partial charge in [0.2, 0.25) is 0 Å². The van der Waals surface area contributed by atoms with Gasteiger partial charge in [0.25, 0.3) is 5.56 Å². The van der Waals surface area contributed by atoms with Crippen LogP contribution in [0.3, 0.4) is 0 Å². The maximum Gasteiger partial charge on any atom is 0.416 e. The molecule has 0 radical (unpaired) electrons. The number of aromatic nitrogens is 5. The molecule has 158 valence electrons. The van der Waals surface area contributed by atoms with Crippen molar-refractivity contribution in [3.63, 3.8) is 0 Å². The van der Waals surface area contributed by atoms with Crippen LogP contribution in [-0.2, 0) is 19.1 Å². The Morgan fingerprint density at radius 1 is 1.30 bits per heavy atom. The van der Waals surface area contributed by atoms with E-state index in [2.05, 4.69) is 20.5 Å². The summed E-state index contributed by atoms with van der Waals surface area (Å²) in [5, 5.41) is 14.1. The fourth-order valence-electron chi connectivity index (χ4n) is 3.61. The molecule has 0 saturated heterocycles. The number of alkyl halides is 3. The van der Waals surface area contributed by atoms with E-state index in [1.807, 2.05) is 0 Å². The normalized spacial score (nSPS) is 15.2. The van der Waals surface area contributed by atoms with E-state index < -0.39 is 29.2 Å². The molecular weight excluding hydrogens is 428 g/mol. The van der Waals surface area contributed by atoms with Gasteiger partial charge in [0.05, 0.1) is 35.7 Å². The van der Waals surface area contributed by atoms with Gasteiger partial charge in [-0.2, -0.15) is 18.3 Å². The largest absolute Gasteiger partial charge is 0.416 e. The van der Waals surface area contributed by atoms with Crippen molar-refractivity contribution < 1.29 is 17.6 Å². The minimum atomic E-state index is -4.63. The van der Waals surface area contributed by atoms with E-state index in [9.17, 15) is 22.4 Å². The quantitative estimate of drug-likeness (QED) is 0.629. The lowest BCUT2D eigenvalue weighted by molar-refractivity contribution is -0.138. The Morgan fingerprint density at radius 2 is 2.07 bits per heavy atom. The van der Waals surface area contributed by atoms with Crippen LogP contribution < -0.4 is 10.5 Å². The highest BCUT2D eigenvalue weighted by Crippen LogP contribution is 2.37. The molecule has 0 bridgehead atoms. The van der Waals surface area contributed by atoms with E-state index in [4.69, 9.17) is 11.6 Å². The molecular formula is C18H15ClF4N6O. The molecule has 3 heterocycles. The molecule has 4 rings (SSSR count). The number of fused-ring (bicyclic) bond motifs is 1. The molecule has 0 saturated carbocycles. The van der Waals surface area contributed by atoms with Crippen molar-refractivity contribution >= 4 is 17.3 Å². The summed E-state index contributed by atoms with van der Waals surface area (Å²) in [4.78, 5) is 13.5. The van der Waals surface area contributed by atoms with Gasteiger partial charge in [0, 0.05) is 13.0 Å². The van der Waals surface area contributed by atoms with Crippen molar-refractivity contribution in [2.75, 3.05) is 11.4 Å². The van der Waals surface area contributed by atoms with Crippen LogP contribution in [-0.4, -0.2) is 31.7 Å². The van der Waals surface area contributed by atoms with Gasteiger partial charge in [0.15, 0.2) is 0 Å². The third-order valence-corrected chi connectivity index (χ3v) is 5.45. The summed E-state index contributed by atoms with van der Waals surface area (Å²) in [6.07, 6.45) is -2.81. The van der Waals surface area contributed by atoms with Crippen molar-refractivity contribution in [1.82, 2.24) is 25.2 Å². The number of rotatable bonds is 3. The van der Waals surface area contributed by atoms with Crippen molar-refractivity contribution in [3.8, 4) is 0 Å². The Kier molecular flexibility index (Phi) is 5.00. The zero-order valence-electron chi connectivity index (χ0n) is 15.5. The van der Waals surface area contributed by atoms with E-state index in [0.29, 0.717) is 30.0 Å². The predicted octanol–water partition coefficient (Wildman–Crippen LogP) is 3.34. The van der Waals surface area contributed by atoms with E-state index in [1.54, 1.807) is 4.90 Å². The molecule has 1 aliphatic rings. The number of aromatic amines is 1. The number of anilines is 1. The third-order valence-electron chi connectivity index (χ3n) is 5.08. The Bertz CT molecular complexity index is 1160. The maximum absolute atomic E-state index is 13.7. The fourth-order valence-corrected chi connectivity index (χ4v) is 3.82. The molecule has 0 fully saturated rings. The number of nitrogens with one attached hydrogen (secondary N) is 1. The van der Waals surface area contributed by atoms with Crippen LogP contribution in [0.2, 0.25) is 5.02 Å². The minimum absolute atomic E-state index is 0.0104. The summed E-state index contributed by atoms with van der Waals surface area (Å²) in [5.41, 5.74) is -0.0560. The molecule has 1 aliphatic heterocycles. The predicted molar refractivity (Wildman–Crippen MR) is 99.9 cm³/mol. The van der Waals surface area contributed by atoms with Crippen LogP contribution >= 0.6 is 11.6 Å². The van der Waals surface area contributed by atoms with Crippen molar-refractivity contribution in [2.45, 2.75) is 32.1 Å². The highest BCUT2D eigenvalue weighted by Gasteiger charge is 2.36. The second-order valence-corrected chi connectivity index (χ2v) is 7.28. The first-order chi connectivity index (χ1) is 14.2. The monoisotopic (exact) mass is 442 g/mol. The van der Waals surface area contributed by atoms with E-state index in [1.165, 1.54) is 17.8 Å². The third kappa shape index (κ3) is 3.53. The number of hydrogen-bond donors (Lipinski definition) is 1. The van der Waals surface area contributed by atoms with Crippen LogP contribution in [0.15, 0.2) is 29.2 Å². The van der Waals surface area contributed by atoms with Gasteiger partial charge >= 0.3 is 6.18 Å². The summed E-state index contributed by atoms with van der Waals surface area (Å²) in [6, 6.07) is 1.50. The number of benzene rings is 1. The Morgan fingerprint density at radius 3 is 2.80 bits per heavy atom. The molecule has 7 nitrogen and oxygen atoms in total. The molecule has 3 aromatic rings. The first-order valence-electron chi connectivity index (χ1n) is 8.94. The molecule has 30 heavy (non-hydrogen) atoms. The van der Waals surface area contributed by atoms with Crippen LogP contribution in [0.25, 0.3) is 0 Å². The Hall–Kier alpha value is -2.95. The Balaban J connectivity index is 1.68. The smallest absolute Gasteiger partial charge is 0.362 e. The Labute approximate surface area is 172 Å². The van der Waals surface area contributed by atoms with Gasteiger partial charge in [-0.1, -0.05) is 16.8 Å². The summed E-state index contributed by atoms with van der Waals surface area (Å²) in [6.45, 7) is 2.19. The van der Waals surface area contributed by atoms with Gasteiger partial charge < -0.3 is 4.90 Å². The average Bonchev–Trinajstić information content (AvgIpc) is 3.11. The van der Waals surface area contributed by atoms with Gasteiger partial charge in [-0.25, -0.2) is 14.2 Å². The summed E-state index contributed by atoms with van der Waals surface area (Å²) >= 11 is 6.06. The minimum Gasteiger partial charge on any atom is -0.362 e. The molecule has 0 spiro atoms. The van der Waals surface area contributed by atoms with Gasteiger partial charge in [0.1, 0.15) is 16.5 Å². The lowest BCUT2D eigenvalue weighted by atomic mass is 10.00. The summed E-state index contributed by atoms with van der Waals surface area (Å²) in [7, 11) is 0. The van der Waals surface area contributed by atoms with Gasteiger partial charge in [-0.05, 0) is 30.7 Å². The lowest BCUT2D eigenvalue weighted by Gasteiger charge is -2.29. The van der Waals surface area contributed by atoms with Gasteiger partial charge in [-0.3, -0.25) is 4.79 Å². The molecule has 0 unspecified atom stereocenters. The number of halogens is 5. The average molecular weight is 443 g/mol. The topological polar surface area (TPSA) is 79.7 Å². The van der Waals surface area contributed by atoms with Crippen LogP contribution in [0.4, 0.5) is 23.2 Å². The van der Waals surface area contributed by atoms with Crippen molar-refractivity contribution in [2.24, 2.45) is 0 Å². The van der Waals surface area contributed by atoms with Crippen molar-refractivity contribution in [3.05, 3.63) is 68.1 Å². The number of hydrogen-bond acceptors (Lipinski definition) is 5. The SMILES string of the molecule is C[C@H](c1cc(F)ccc1C(F)(F)F)n1nnc2c1CCN(c1cn[nH]c(=O)c1Cl)C2. The zero-order chi connectivity index (χ0) is 21.6. The van der Waals surface area contributed by atoms with E-state index in [-0.39, 0.29) is 17.1 Å². The summed E-state index contributed by atoms with van der Waals surface area (Å²) in [5.74, 6) is -0.763. The lowest BCUT2D eigenvalue weighted by Crippen LogP contribution is -2.33. The first-order valence-corrected chi connectivity index (χ1v) is 9.32. The number of H-pyrrole nitrogens is 1. The second-order valence-electron chi connectivity index (χ2n) is 6.90. The second kappa shape index (κ2) is 7.38. The van der Waals surface area contributed by atoms with E-state index >= 15 is 0 Å². The highest BCUT2D eigenvalue weighted by molar-refractivity contribution is 6.32. The molecule has 1 atom stereocenters. The van der Waals surface area contributed by atoms with Crippen LogP contribution in [0.1, 0.15) is 35.5 Å². The van der Waals surface area contributed by atoms with Crippen molar-refractivity contribution in [1.29, 1.82) is 0 Å². The highest BCUT2D eigenvalue weighted by atomic mass is 35.5. The number of nitrogens with zero attached hydrogens (tertiary/aromatic N) is 5. The molecule has 0 amide bonds. The molecule has 2 aromatic heterocycles. The molecule has 1 aromatic carbocycles.